The summed E-state index contributed by atoms with van der Waals surface area (Å²) in [6.07, 6.45) is 1.45. The molecule has 2 rings (SSSR count). The number of nitrogens with zero attached hydrogens (tertiary/aromatic N) is 3. The summed E-state index contributed by atoms with van der Waals surface area (Å²) in [5.41, 5.74) is 0. The van der Waals surface area contributed by atoms with Gasteiger partial charge in [0, 0.05) is 18.9 Å². The number of carbonyl (C=O) groups excluding carboxylic acids is 1. The van der Waals surface area contributed by atoms with E-state index >= 15 is 0 Å². The molecule has 5 nitrogen and oxygen atoms in total. The molecule has 0 aliphatic carbocycles. The van der Waals surface area contributed by atoms with E-state index in [1.165, 1.54) is 0 Å². The number of fused-ring (bicyclic) bond motifs is 1. The van der Waals surface area contributed by atoms with Crippen molar-refractivity contribution < 1.29 is 4.79 Å². The zero-order valence-corrected chi connectivity index (χ0v) is 9.16. The molecule has 82 valence electrons. The largest absolute Gasteiger partial charge is 0.349 e. The van der Waals surface area contributed by atoms with Crippen LogP contribution in [0.15, 0.2) is 0 Å². The Balaban J connectivity index is 2.28. The lowest BCUT2D eigenvalue weighted by molar-refractivity contribution is -0.121. The van der Waals surface area contributed by atoms with Crippen LogP contribution in [0.5, 0.6) is 0 Å². The molecule has 1 aliphatic heterocycles. The molecule has 1 aromatic rings. The molecule has 1 aromatic heterocycles. The number of aromatic nitrogens is 3. The predicted octanol–water partition coefficient (Wildman–Crippen LogP) is 0.811. The minimum atomic E-state index is 0.107. The van der Waals surface area contributed by atoms with Crippen LogP contribution in [0.1, 0.15) is 44.3 Å². The molecule has 0 atom stereocenters. The highest BCUT2D eigenvalue weighted by atomic mass is 16.1. The summed E-state index contributed by atoms with van der Waals surface area (Å²) in [6.45, 7) is 5.56. The van der Waals surface area contributed by atoms with Gasteiger partial charge in [0.15, 0.2) is 5.82 Å². The third kappa shape index (κ3) is 2.00. The fourth-order valence-electron chi connectivity index (χ4n) is 1.81. The van der Waals surface area contributed by atoms with E-state index in [-0.39, 0.29) is 5.91 Å². The molecule has 0 saturated heterocycles. The molecule has 1 aliphatic rings. The number of hydrogen-bond acceptors (Lipinski definition) is 3. The Morgan fingerprint density at radius 2 is 2.20 bits per heavy atom. The maximum Gasteiger partial charge on any atom is 0.220 e. The molecule has 5 heteroatoms. The average Bonchev–Trinajstić information content (AvgIpc) is 2.54. The minimum Gasteiger partial charge on any atom is -0.349 e. The van der Waals surface area contributed by atoms with Crippen molar-refractivity contribution in [1.29, 1.82) is 0 Å². The van der Waals surface area contributed by atoms with Gasteiger partial charge in [-0.05, 0) is 6.42 Å². The van der Waals surface area contributed by atoms with Gasteiger partial charge in [-0.3, -0.25) is 4.79 Å². The van der Waals surface area contributed by atoms with Crippen molar-refractivity contribution in [2.75, 3.05) is 0 Å². The van der Waals surface area contributed by atoms with Crippen LogP contribution < -0.4 is 5.32 Å². The fourth-order valence-corrected chi connectivity index (χ4v) is 1.81. The molecule has 0 spiro atoms. The smallest absolute Gasteiger partial charge is 0.220 e. The van der Waals surface area contributed by atoms with Crippen LogP contribution in [0.4, 0.5) is 0 Å². The standard InChI is InChI=1S/C10H16N4O/c1-7(2)10-13-12-8-6-11-9(15)4-3-5-14(8)10/h7H,3-6H2,1-2H3,(H,11,15). The Hall–Kier alpha value is -1.39. The van der Waals surface area contributed by atoms with Crippen LogP contribution in [0.3, 0.4) is 0 Å². The van der Waals surface area contributed by atoms with Gasteiger partial charge in [0.25, 0.3) is 0 Å². The predicted molar refractivity (Wildman–Crippen MR) is 55.2 cm³/mol. The monoisotopic (exact) mass is 208 g/mol. The maximum absolute atomic E-state index is 11.2. The van der Waals surface area contributed by atoms with Gasteiger partial charge >= 0.3 is 0 Å². The van der Waals surface area contributed by atoms with Crippen molar-refractivity contribution in [1.82, 2.24) is 20.1 Å². The molecule has 0 unspecified atom stereocenters. The Morgan fingerprint density at radius 3 is 2.93 bits per heavy atom. The second kappa shape index (κ2) is 4.00. The highest BCUT2D eigenvalue weighted by Gasteiger charge is 2.17. The van der Waals surface area contributed by atoms with Gasteiger partial charge in [-0.1, -0.05) is 13.8 Å². The van der Waals surface area contributed by atoms with Crippen LogP contribution in [0.25, 0.3) is 0 Å². The molecule has 0 bridgehead atoms. The lowest BCUT2D eigenvalue weighted by atomic mass is 10.2. The Morgan fingerprint density at radius 1 is 1.40 bits per heavy atom. The molecular weight excluding hydrogens is 192 g/mol. The van der Waals surface area contributed by atoms with Gasteiger partial charge in [0.05, 0.1) is 6.54 Å². The molecule has 0 saturated carbocycles. The highest BCUT2D eigenvalue weighted by molar-refractivity contribution is 5.75. The summed E-state index contributed by atoms with van der Waals surface area (Å²) < 4.78 is 2.13. The van der Waals surface area contributed by atoms with E-state index in [1.54, 1.807) is 0 Å². The van der Waals surface area contributed by atoms with Crippen LogP contribution in [-0.2, 0) is 17.9 Å². The minimum absolute atomic E-state index is 0.107. The zero-order valence-electron chi connectivity index (χ0n) is 9.16. The molecule has 0 aromatic carbocycles. The Kier molecular flexibility index (Phi) is 2.70. The Labute approximate surface area is 88.9 Å². The molecule has 0 radical (unpaired) electrons. The van der Waals surface area contributed by atoms with Crippen molar-refractivity contribution in [3.05, 3.63) is 11.6 Å². The quantitative estimate of drug-likeness (QED) is 0.743. The molecule has 15 heavy (non-hydrogen) atoms. The first-order valence-electron chi connectivity index (χ1n) is 5.37. The summed E-state index contributed by atoms with van der Waals surface area (Å²) in [6, 6.07) is 0. The van der Waals surface area contributed by atoms with Crippen molar-refractivity contribution in [2.24, 2.45) is 0 Å². The van der Waals surface area contributed by atoms with Gasteiger partial charge < -0.3 is 9.88 Å². The van der Waals surface area contributed by atoms with Gasteiger partial charge in [-0.2, -0.15) is 0 Å². The molecule has 0 fully saturated rings. The SMILES string of the molecule is CC(C)c1nnc2n1CCCC(=O)NC2. The molecule has 1 amide bonds. The molecule has 1 N–H and O–H groups in total. The van der Waals surface area contributed by atoms with E-state index in [0.29, 0.717) is 18.9 Å². The topological polar surface area (TPSA) is 59.8 Å². The van der Waals surface area contributed by atoms with E-state index in [2.05, 4.69) is 33.9 Å². The van der Waals surface area contributed by atoms with Crippen LogP contribution in [0.2, 0.25) is 0 Å². The first-order chi connectivity index (χ1) is 7.18. The Bertz CT molecular complexity index is 369. The first-order valence-corrected chi connectivity index (χ1v) is 5.37. The number of carbonyl (C=O) groups is 1. The summed E-state index contributed by atoms with van der Waals surface area (Å²) in [4.78, 5) is 11.2. The lowest BCUT2D eigenvalue weighted by Gasteiger charge is -2.15. The summed E-state index contributed by atoms with van der Waals surface area (Å²) >= 11 is 0. The zero-order chi connectivity index (χ0) is 10.8. The molecular formula is C10H16N4O. The van der Waals surface area contributed by atoms with Gasteiger partial charge in [-0.25, -0.2) is 0 Å². The third-order valence-corrected chi connectivity index (χ3v) is 2.60. The van der Waals surface area contributed by atoms with E-state index < -0.39 is 0 Å². The van der Waals surface area contributed by atoms with E-state index in [0.717, 1.165) is 24.6 Å². The normalized spacial score (nSPS) is 16.9. The van der Waals surface area contributed by atoms with Crippen molar-refractivity contribution in [3.63, 3.8) is 0 Å². The van der Waals surface area contributed by atoms with E-state index in [9.17, 15) is 4.79 Å². The summed E-state index contributed by atoms with van der Waals surface area (Å²) in [5, 5.41) is 11.1. The summed E-state index contributed by atoms with van der Waals surface area (Å²) in [7, 11) is 0. The highest BCUT2D eigenvalue weighted by Crippen LogP contribution is 2.15. The van der Waals surface area contributed by atoms with Gasteiger partial charge in [0.1, 0.15) is 5.82 Å². The van der Waals surface area contributed by atoms with Crippen LogP contribution in [-0.4, -0.2) is 20.7 Å². The van der Waals surface area contributed by atoms with Crippen LogP contribution >= 0.6 is 0 Å². The second-order valence-corrected chi connectivity index (χ2v) is 4.16. The van der Waals surface area contributed by atoms with Gasteiger partial charge in [-0.15, -0.1) is 10.2 Å². The number of nitrogens with one attached hydrogen (secondary N) is 1. The number of hydrogen-bond donors (Lipinski definition) is 1. The average molecular weight is 208 g/mol. The fraction of sp³-hybridized carbons (Fsp3) is 0.700. The van der Waals surface area contributed by atoms with E-state index in [4.69, 9.17) is 0 Å². The van der Waals surface area contributed by atoms with E-state index in [1.807, 2.05) is 0 Å². The summed E-state index contributed by atoms with van der Waals surface area (Å²) in [5.74, 6) is 2.37. The van der Waals surface area contributed by atoms with Crippen LogP contribution in [0, 0.1) is 0 Å². The third-order valence-electron chi connectivity index (χ3n) is 2.60. The molecule has 2 heterocycles. The van der Waals surface area contributed by atoms with Crippen molar-refractivity contribution in [3.8, 4) is 0 Å². The lowest BCUT2D eigenvalue weighted by Crippen LogP contribution is -2.27. The first kappa shape index (κ1) is 10.1. The number of amides is 1. The van der Waals surface area contributed by atoms with Crippen molar-refractivity contribution in [2.45, 2.75) is 45.7 Å². The maximum atomic E-state index is 11.2. The number of rotatable bonds is 1. The van der Waals surface area contributed by atoms with Crippen molar-refractivity contribution >= 4 is 5.91 Å². The van der Waals surface area contributed by atoms with Gasteiger partial charge in [0.2, 0.25) is 5.91 Å². The second-order valence-electron chi connectivity index (χ2n) is 4.16.